The van der Waals surface area contributed by atoms with Gasteiger partial charge in [-0.05, 0) is 24.8 Å². The highest BCUT2D eigenvalue weighted by Gasteiger charge is 2.09. The number of thiophene rings is 1. The van der Waals surface area contributed by atoms with Crippen molar-refractivity contribution in [3.63, 3.8) is 0 Å². The minimum atomic E-state index is 0.818. The lowest BCUT2D eigenvalue weighted by atomic mass is 10.1. The van der Waals surface area contributed by atoms with E-state index in [1.807, 2.05) is 12.3 Å². The Kier molecular flexibility index (Phi) is 2.61. The number of benzene rings is 1. The molecule has 1 aromatic carbocycles. The highest BCUT2D eigenvalue weighted by molar-refractivity contribution is 7.99. The van der Waals surface area contributed by atoms with Gasteiger partial charge in [-0.1, -0.05) is 6.07 Å². The molecule has 1 heterocycles. The number of hydrogen-bond acceptors (Lipinski definition) is 3. The van der Waals surface area contributed by atoms with Crippen LogP contribution >= 0.6 is 23.1 Å². The van der Waals surface area contributed by atoms with E-state index in [0.717, 1.165) is 17.2 Å². The average molecular weight is 222 g/mol. The number of rotatable bonds is 2. The fraction of sp³-hybridized carbons (Fsp3) is 0.182. The first kappa shape index (κ1) is 9.74. The number of carbonyl (C=O) groups excluding carboxylic acids is 1. The molecule has 0 aliphatic carbocycles. The zero-order chi connectivity index (χ0) is 10.1. The second-order valence-electron chi connectivity index (χ2n) is 3.10. The van der Waals surface area contributed by atoms with Gasteiger partial charge in [0.15, 0.2) is 6.29 Å². The van der Waals surface area contributed by atoms with Gasteiger partial charge < -0.3 is 0 Å². The Morgan fingerprint density at radius 2 is 2.21 bits per heavy atom. The molecule has 0 aliphatic heterocycles. The third-order valence-electron chi connectivity index (χ3n) is 2.27. The Bertz CT molecular complexity index is 485. The van der Waals surface area contributed by atoms with E-state index in [2.05, 4.69) is 18.4 Å². The van der Waals surface area contributed by atoms with Gasteiger partial charge in [0.05, 0.1) is 0 Å². The van der Waals surface area contributed by atoms with Crippen LogP contribution in [0.25, 0.3) is 10.1 Å². The van der Waals surface area contributed by atoms with E-state index in [1.165, 1.54) is 15.2 Å². The summed E-state index contributed by atoms with van der Waals surface area (Å²) in [4.78, 5) is 12.1. The van der Waals surface area contributed by atoms with E-state index in [1.54, 1.807) is 23.1 Å². The largest absolute Gasteiger partial charge is 0.298 e. The standard InChI is InChI=1S/C11H10OS2/c1-7-3-4-9(13-2)11-10(7)8(5-12)6-14-11/h3-6H,1-2H3. The molecule has 0 spiro atoms. The summed E-state index contributed by atoms with van der Waals surface area (Å²) in [6.45, 7) is 2.05. The quantitative estimate of drug-likeness (QED) is 0.568. The fourth-order valence-corrected chi connectivity index (χ4v) is 3.45. The second-order valence-corrected chi connectivity index (χ2v) is 4.83. The van der Waals surface area contributed by atoms with Crippen LogP contribution in [-0.2, 0) is 0 Å². The summed E-state index contributed by atoms with van der Waals surface area (Å²) in [5.74, 6) is 0. The number of aryl methyl sites for hydroxylation is 1. The molecule has 0 fully saturated rings. The van der Waals surface area contributed by atoms with Gasteiger partial charge in [0.1, 0.15) is 0 Å². The summed E-state index contributed by atoms with van der Waals surface area (Å²) < 4.78 is 1.24. The summed E-state index contributed by atoms with van der Waals surface area (Å²) in [6, 6.07) is 4.20. The van der Waals surface area contributed by atoms with E-state index in [-0.39, 0.29) is 0 Å². The van der Waals surface area contributed by atoms with Gasteiger partial charge in [-0.25, -0.2) is 0 Å². The van der Waals surface area contributed by atoms with E-state index < -0.39 is 0 Å². The minimum Gasteiger partial charge on any atom is -0.298 e. The Hall–Kier alpha value is -0.800. The molecule has 1 nitrogen and oxygen atoms in total. The molecule has 0 amide bonds. The van der Waals surface area contributed by atoms with Crippen LogP contribution in [0.3, 0.4) is 0 Å². The average Bonchev–Trinajstić information content (AvgIpc) is 2.63. The third kappa shape index (κ3) is 1.37. The van der Waals surface area contributed by atoms with Crippen molar-refractivity contribution in [1.82, 2.24) is 0 Å². The SMILES string of the molecule is CSc1ccc(C)c2c(C=O)csc12. The van der Waals surface area contributed by atoms with Crippen molar-refractivity contribution < 1.29 is 4.79 Å². The lowest BCUT2D eigenvalue weighted by Crippen LogP contribution is -1.81. The first-order valence-corrected chi connectivity index (χ1v) is 6.38. The monoisotopic (exact) mass is 222 g/mol. The van der Waals surface area contributed by atoms with Crippen LogP contribution in [0, 0.1) is 6.92 Å². The van der Waals surface area contributed by atoms with Gasteiger partial charge in [0, 0.05) is 25.9 Å². The molecule has 0 unspecified atom stereocenters. The van der Waals surface area contributed by atoms with Gasteiger partial charge in [-0.3, -0.25) is 4.79 Å². The maximum absolute atomic E-state index is 10.8. The summed E-state index contributed by atoms with van der Waals surface area (Å²) in [5.41, 5.74) is 2.00. The van der Waals surface area contributed by atoms with E-state index >= 15 is 0 Å². The molecule has 2 rings (SSSR count). The minimum absolute atomic E-state index is 0.818. The lowest BCUT2D eigenvalue weighted by molar-refractivity contribution is 0.112. The highest BCUT2D eigenvalue weighted by Crippen LogP contribution is 2.35. The van der Waals surface area contributed by atoms with E-state index in [0.29, 0.717) is 0 Å². The lowest BCUT2D eigenvalue weighted by Gasteiger charge is -2.01. The van der Waals surface area contributed by atoms with Crippen molar-refractivity contribution in [2.24, 2.45) is 0 Å². The van der Waals surface area contributed by atoms with Crippen LogP contribution in [0.2, 0.25) is 0 Å². The van der Waals surface area contributed by atoms with E-state index in [9.17, 15) is 4.79 Å². The first-order valence-electron chi connectivity index (χ1n) is 4.28. The van der Waals surface area contributed by atoms with Gasteiger partial charge >= 0.3 is 0 Å². The Morgan fingerprint density at radius 3 is 2.86 bits per heavy atom. The summed E-state index contributed by atoms with van der Waals surface area (Å²) in [5, 5.41) is 3.06. The molecule has 0 saturated heterocycles. The topological polar surface area (TPSA) is 17.1 Å². The molecule has 0 bridgehead atoms. The molecule has 0 N–H and O–H groups in total. The van der Waals surface area contributed by atoms with Crippen LogP contribution in [-0.4, -0.2) is 12.5 Å². The number of thioether (sulfide) groups is 1. The molecule has 0 aliphatic rings. The predicted molar refractivity (Wildman–Crippen MR) is 63.7 cm³/mol. The summed E-state index contributed by atoms with van der Waals surface area (Å²) in [6.07, 6.45) is 3.00. The summed E-state index contributed by atoms with van der Waals surface area (Å²) in [7, 11) is 0. The van der Waals surface area contributed by atoms with Gasteiger partial charge in [0.2, 0.25) is 0 Å². The maximum atomic E-state index is 10.8. The van der Waals surface area contributed by atoms with Gasteiger partial charge in [0.25, 0.3) is 0 Å². The smallest absolute Gasteiger partial charge is 0.151 e. The maximum Gasteiger partial charge on any atom is 0.151 e. The first-order chi connectivity index (χ1) is 6.77. The fourth-order valence-electron chi connectivity index (χ4n) is 1.57. The Labute approximate surface area is 91.1 Å². The Morgan fingerprint density at radius 1 is 1.43 bits per heavy atom. The predicted octanol–water partition coefficient (Wildman–Crippen LogP) is 3.74. The van der Waals surface area contributed by atoms with Crippen LogP contribution in [0.5, 0.6) is 0 Å². The number of hydrogen-bond donors (Lipinski definition) is 0. The van der Waals surface area contributed by atoms with Gasteiger partial charge in [-0.15, -0.1) is 23.1 Å². The van der Waals surface area contributed by atoms with Crippen molar-refractivity contribution in [3.05, 3.63) is 28.6 Å². The highest BCUT2D eigenvalue weighted by atomic mass is 32.2. The van der Waals surface area contributed by atoms with Crippen molar-refractivity contribution in [3.8, 4) is 0 Å². The number of carbonyl (C=O) groups is 1. The third-order valence-corrected chi connectivity index (χ3v) is 4.21. The van der Waals surface area contributed by atoms with Crippen LogP contribution in [0.4, 0.5) is 0 Å². The molecule has 3 heteroatoms. The van der Waals surface area contributed by atoms with Crippen LogP contribution < -0.4 is 0 Å². The number of fused-ring (bicyclic) bond motifs is 1. The molecule has 2 aromatic rings. The van der Waals surface area contributed by atoms with Crippen molar-refractivity contribution in [2.45, 2.75) is 11.8 Å². The normalized spacial score (nSPS) is 10.7. The second kappa shape index (κ2) is 3.75. The molecule has 0 saturated carbocycles. The zero-order valence-corrected chi connectivity index (χ0v) is 9.67. The molecular formula is C11H10OS2. The van der Waals surface area contributed by atoms with Crippen LogP contribution in [0.15, 0.2) is 22.4 Å². The molecule has 72 valence electrons. The van der Waals surface area contributed by atoms with Crippen LogP contribution in [0.1, 0.15) is 15.9 Å². The molecule has 1 aromatic heterocycles. The van der Waals surface area contributed by atoms with E-state index in [4.69, 9.17) is 0 Å². The molecule has 14 heavy (non-hydrogen) atoms. The van der Waals surface area contributed by atoms with Crippen molar-refractivity contribution >= 4 is 39.5 Å². The zero-order valence-electron chi connectivity index (χ0n) is 8.03. The molecule has 0 radical (unpaired) electrons. The Balaban J connectivity index is 2.86. The van der Waals surface area contributed by atoms with Gasteiger partial charge in [-0.2, -0.15) is 0 Å². The summed E-state index contributed by atoms with van der Waals surface area (Å²) >= 11 is 3.38. The van der Waals surface area contributed by atoms with Crippen molar-refractivity contribution in [2.75, 3.05) is 6.26 Å². The molecular weight excluding hydrogens is 212 g/mol. The molecule has 0 atom stereocenters. The van der Waals surface area contributed by atoms with Crippen molar-refractivity contribution in [1.29, 1.82) is 0 Å². The number of aldehydes is 1.